The highest BCUT2D eigenvalue weighted by molar-refractivity contribution is 6.53. The van der Waals surface area contributed by atoms with E-state index in [9.17, 15) is 9.59 Å². The molecule has 2 aliphatic rings. The summed E-state index contributed by atoms with van der Waals surface area (Å²) in [6, 6.07) is 15.3. The maximum absolute atomic E-state index is 13.2. The molecular weight excluding hydrogens is 552 g/mol. The van der Waals surface area contributed by atoms with E-state index < -0.39 is 16.2 Å². The number of amides is 2. The van der Waals surface area contributed by atoms with E-state index in [4.69, 9.17) is 63.7 Å². The number of nitrogens with one attached hydrogen (secondary N) is 1. The Kier molecular flexibility index (Phi) is 6.35. The predicted molar refractivity (Wildman–Crippen MR) is 142 cm³/mol. The molecule has 0 radical (unpaired) electrons. The second-order valence-corrected chi connectivity index (χ2v) is 11.4. The van der Waals surface area contributed by atoms with Crippen molar-refractivity contribution in [2.75, 3.05) is 11.1 Å². The van der Waals surface area contributed by atoms with E-state index in [0.717, 1.165) is 11.1 Å². The van der Waals surface area contributed by atoms with Crippen LogP contribution in [0.3, 0.4) is 0 Å². The number of nitrogen functional groups attached to an aromatic ring is 1. The van der Waals surface area contributed by atoms with E-state index in [-0.39, 0.29) is 22.4 Å². The van der Waals surface area contributed by atoms with Gasteiger partial charge in [-0.1, -0.05) is 40.9 Å². The van der Waals surface area contributed by atoms with E-state index >= 15 is 0 Å². The van der Waals surface area contributed by atoms with Gasteiger partial charge in [0.15, 0.2) is 0 Å². The van der Waals surface area contributed by atoms with Crippen molar-refractivity contribution >= 4 is 81.2 Å². The Bertz CT molecular complexity index is 1360. The second-order valence-electron chi connectivity index (χ2n) is 8.71. The maximum Gasteiger partial charge on any atom is 0.256 e. The van der Waals surface area contributed by atoms with Gasteiger partial charge in [0.2, 0.25) is 5.91 Å². The van der Waals surface area contributed by atoms with Gasteiger partial charge < -0.3 is 16.0 Å². The lowest BCUT2D eigenvalue weighted by molar-refractivity contribution is -0.117. The first kappa shape index (κ1) is 24.5. The summed E-state index contributed by atoms with van der Waals surface area (Å²) in [5.74, 6) is -1.84. The Morgan fingerprint density at radius 1 is 0.914 bits per heavy atom. The van der Waals surface area contributed by atoms with Gasteiger partial charge in [-0.2, -0.15) is 0 Å². The molecule has 3 aromatic carbocycles. The van der Waals surface area contributed by atoms with E-state index in [0.29, 0.717) is 40.1 Å². The van der Waals surface area contributed by atoms with Crippen LogP contribution < -0.4 is 11.1 Å². The van der Waals surface area contributed by atoms with Crippen LogP contribution in [0, 0.1) is 5.92 Å². The summed E-state index contributed by atoms with van der Waals surface area (Å²) in [7, 11) is 0. The smallest absolute Gasteiger partial charge is 0.256 e. The SMILES string of the molecule is Nc1ccc2c(c1)CN(C(=O)c1cc(NC(=O)C3C(c4cc(Cl)cc(Cl)c4)C3(Cl)Cl)ccc1Cl)C2. The third-order valence-corrected chi connectivity index (χ3v) is 7.99. The quantitative estimate of drug-likeness (QED) is 0.265. The number of hydrogen-bond acceptors (Lipinski definition) is 3. The molecule has 3 N–H and O–H groups in total. The fraction of sp³-hybridized carbons (Fsp3) is 0.200. The highest BCUT2D eigenvalue weighted by Gasteiger charge is 2.67. The summed E-state index contributed by atoms with van der Waals surface area (Å²) in [6.45, 7) is 0.882. The number of rotatable bonds is 4. The van der Waals surface area contributed by atoms with Crippen LogP contribution in [0.4, 0.5) is 11.4 Å². The molecule has 2 unspecified atom stereocenters. The van der Waals surface area contributed by atoms with Crippen molar-refractivity contribution in [3.63, 3.8) is 0 Å². The van der Waals surface area contributed by atoms with Crippen LogP contribution in [0.2, 0.25) is 15.1 Å². The number of benzene rings is 3. The van der Waals surface area contributed by atoms with Crippen LogP contribution in [0.15, 0.2) is 54.6 Å². The van der Waals surface area contributed by atoms with Gasteiger partial charge in [0, 0.05) is 40.4 Å². The molecule has 1 aliphatic carbocycles. The molecule has 0 aromatic heterocycles. The summed E-state index contributed by atoms with van der Waals surface area (Å²) >= 11 is 31.4. The predicted octanol–water partition coefficient (Wildman–Crippen LogP) is 6.91. The van der Waals surface area contributed by atoms with Crippen molar-refractivity contribution in [3.05, 3.63) is 91.9 Å². The first-order valence-corrected chi connectivity index (χ1v) is 12.5. The molecule has 0 spiro atoms. The lowest BCUT2D eigenvalue weighted by Gasteiger charge is -2.17. The van der Waals surface area contributed by atoms with Gasteiger partial charge in [-0.25, -0.2) is 0 Å². The van der Waals surface area contributed by atoms with Crippen molar-refractivity contribution < 1.29 is 9.59 Å². The van der Waals surface area contributed by atoms with Crippen LogP contribution in [0.1, 0.15) is 33.0 Å². The Balaban J connectivity index is 1.33. The average molecular weight is 570 g/mol. The molecule has 180 valence electrons. The number of fused-ring (bicyclic) bond motifs is 1. The summed E-state index contributed by atoms with van der Waals surface area (Å²) in [6.07, 6.45) is 0. The summed E-state index contributed by atoms with van der Waals surface area (Å²) in [5, 5.41) is 3.94. The van der Waals surface area contributed by atoms with E-state index in [1.165, 1.54) is 0 Å². The van der Waals surface area contributed by atoms with E-state index in [1.54, 1.807) is 41.3 Å². The highest BCUT2D eigenvalue weighted by atomic mass is 35.5. The minimum absolute atomic E-state index is 0.247. The zero-order chi connectivity index (χ0) is 25.1. The number of carbonyl (C=O) groups excluding carboxylic acids is 2. The number of alkyl halides is 2. The molecule has 1 aliphatic heterocycles. The second kappa shape index (κ2) is 9.06. The maximum atomic E-state index is 13.2. The third kappa shape index (κ3) is 4.68. The molecule has 5 rings (SSSR count). The number of hydrogen-bond donors (Lipinski definition) is 2. The standard InChI is InChI=1S/C25H18Cl5N3O2/c26-15-5-13(6-16(27)8-15)21-22(25(21,29)30)23(34)32-18-3-4-20(28)19(9-18)24(35)33-10-12-1-2-17(31)7-14(12)11-33/h1-9,21-22H,10-11,31H2,(H,32,34). The Morgan fingerprint density at radius 3 is 2.31 bits per heavy atom. The van der Waals surface area contributed by atoms with Gasteiger partial charge in [0.05, 0.1) is 16.5 Å². The van der Waals surface area contributed by atoms with Crippen LogP contribution in [-0.4, -0.2) is 21.0 Å². The van der Waals surface area contributed by atoms with Crippen LogP contribution in [0.5, 0.6) is 0 Å². The number of anilines is 2. The fourth-order valence-corrected chi connectivity index (χ4v) is 6.11. The molecule has 0 bridgehead atoms. The first-order chi connectivity index (χ1) is 16.5. The third-order valence-electron chi connectivity index (χ3n) is 6.28. The summed E-state index contributed by atoms with van der Waals surface area (Å²) in [5.41, 5.74) is 9.91. The van der Waals surface area contributed by atoms with Crippen molar-refractivity contribution in [2.45, 2.75) is 23.3 Å². The molecule has 2 amide bonds. The molecule has 1 saturated carbocycles. The van der Waals surface area contributed by atoms with E-state index in [2.05, 4.69) is 5.32 Å². The molecular formula is C25H18Cl5N3O2. The molecule has 5 nitrogen and oxygen atoms in total. The van der Waals surface area contributed by atoms with Crippen LogP contribution in [-0.2, 0) is 17.9 Å². The average Bonchev–Trinajstić information content (AvgIpc) is 3.14. The molecule has 10 heteroatoms. The van der Waals surface area contributed by atoms with Crippen molar-refractivity contribution in [2.24, 2.45) is 5.92 Å². The lowest BCUT2D eigenvalue weighted by atomic mass is 10.1. The summed E-state index contributed by atoms with van der Waals surface area (Å²) in [4.78, 5) is 28.0. The summed E-state index contributed by atoms with van der Waals surface area (Å²) < 4.78 is -1.31. The van der Waals surface area contributed by atoms with Crippen LogP contribution >= 0.6 is 58.0 Å². The largest absolute Gasteiger partial charge is 0.399 e. The zero-order valence-electron chi connectivity index (χ0n) is 18.0. The molecule has 1 fully saturated rings. The number of carbonyl (C=O) groups is 2. The first-order valence-electron chi connectivity index (χ1n) is 10.7. The van der Waals surface area contributed by atoms with Gasteiger partial charge in [-0.3, -0.25) is 9.59 Å². The van der Waals surface area contributed by atoms with Crippen molar-refractivity contribution in [1.82, 2.24) is 4.90 Å². The van der Waals surface area contributed by atoms with Gasteiger partial charge in [-0.15, -0.1) is 23.2 Å². The van der Waals surface area contributed by atoms with Gasteiger partial charge in [-0.05, 0) is 65.2 Å². The minimum atomic E-state index is -1.31. The van der Waals surface area contributed by atoms with E-state index in [1.807, 2.05) is 18.2 Å². The minimum Gasteiger partial charge on any atom is -0.399 e. The highest BCUT2D eigenvalue weighted by Crippen LogP contribution is 2.65. The number of nitrogens with two attached hydrogens (primary N) is 1. The van der Waals surface area contributed by atoms with Gasteiger partial charge in [0.1, 0.15) is 4.33 Å². The molecule has 0 saturated heterocycles. The van der Waals surface area contributed by atoms with Gasteiger partial charge >= 0.3 is 0 Å². The van der Waals surface area contributed by atoms with Gasteiger partial charge in [0.25, 0.3) is 5.91 Å². The lowest BCUT2D eigenvalue weighted by Crippen LogP contribution is -2.26. The zero-order valence-corrected chi connectivity index (χ0v) is 21.8. The molecule has 1 heterocycles. The normalized spacial score (nSPS) is 19.9. The van der Waals surface area contributed by atoms with Crippen molar-refractivity contribution in [3.8, 4) is 0 Å². The molecule has 3 aromatic rings. The topological polar surface area (TPSA) is 75.4 Å². The van der Waals surface area contributed by atoms with Crippen LogP contribution in [0.25, 0.3) is 0 Å². The monoisotopic (exact) mass is 567 g/mol. The number of halogens is 5. The Morgan fingerprint density at radius 2 is 1.60 bits per heavy atom. The fourth-order valence-electron chi connectivity index (χ4n) is 4.54. The Hall–Kier alpha value is -2.15. The molecule has 35 heavy (non-hydrogen) atoms. The molecule has 2 atom stereocenters. The Labute approximate surface area is 227 Å². The van der Waals surface area contributed by atoms with Crippen molar-refractivity contribution in [1.29, 1.82) is 0 Å². The number of nitrogens with zero attached hydrogens (tertiary/aromatic N) is 1.